The lowest BCUT2D eigenvalue weighted by Gasteiger charge is -2.29. The number of nitrogens with one attached hydrogen (secondary N) is 1. The highest BCUT2D eigenvalue weighted by molar-refractivity contribution is 5.70. The first-order chi connectivity index (χ1) is 10.5. The average Bonchev–Trinajstić information content (AvgIpc) is 2.88. The summed E-state index contributed by atoms with van der Waals surface area (Å²) in [5, 5.41) is 11.9. The summed E-state index contributed by atoms with van der Waals surface area (Å²) in [5.41, 5.74) is 0.208. The van der Waals surface area contributed by atoms with Gasteiger partial charge in [-0.25, -0.2) is 4.98 Å². The molecule has 0 spiro atoms. The highest BCUT2D eigenvalue weighted by atomic mass is 16.4. The molecule has 8 heteroatoms. The largest absolute Gasteiger partial charge is 0.481 e. The molecule has 3 heterocycles. The molecule has 3 rings (SSSR count). The van der Waals surface area contributed by atoms with Crippen molar-refractivity contribution in [3.63, 3.8) is 0 Å². The van der Waals surface area contributed by atoms with Crippen LogP contribution in [-0.4, -0.2) is 43.7 Å². The van der Waals surface area contributed by atoms with Crippen LogP contribution >= 0.6 is 0 Å². The Bertz CT molecular complexity index is 771. The fourth-order valence-corrected chi connectivity index (χ4v) is 2.76. The first-order valence-corrected chi connectivity index (χ1v) is 7.40. The predicted molar refractivity (Wildman–Crippen MR) is 80.3 cm³/mol. The summed E-state index contributed by atoms with van der Waals surface area (Å²) in [6, 6.07) is 0. The van der Waals surface area contributed by atoms with Gasteiger partial charge in [-0.15, -0.1) is 0 Å². The number of carboxylic acids is 1. The standard InChI is InChI=1S/C14H19N5O3/c1-8-3-5-18(6-4-8)14-16-13-15-9(2)10(7-11(20)21)12(22)19(13)17-14/h8H,3-7H2,1-2H3,(H,20,21)(H,15,16,17). The van der Waals surface area contributed by atoms with E-state index in [1.165, 1.54) is 4.52 Å². The molecule has 2 aromatic rings. The number of anilines is 1. The topological polar surface area (TPSA) is 104 Å². The van der Waals surface area contributed by atoms with Gasteiger partial charge in [-0.1, -0.05) is 6.92 Å². The summed E-state index contributed by atoms with van der Waals surface area (Å²) < 4.78 is 1.23. The summed E-state index contributed by atoms with van der Waals surface area (Å²) in [7, 11) is 0. The maximum Gasteiger partial charge on any atom is 0.308 e. The van der Waals surface area contributed by atoms with Crippen molar-refractivity contribution in [1.82, 2.24) is 19.6 Å². The van der Waals surface area contributed by atoms with Crippen molar-refractivity contribution in [2.24, 2.45) is 5.92 Å². The smallest absolute Gasteiger partial charge is 0.308 e. The highest BCUT2D eigenvalue weighted by Gasteiger charge is 2.21. The number of aliphatic carboxylic acids is 1. The molecule has 0 unspecified atom stereocenters. The molecule has 1 aliphatic rings. The van der Waals surface area contributed by atoms with E-state index in [-0.39, 0.29) is 17.8 Å². The lowest BCUT2D eigenvalue weighted by Crippen LogP contribution is -2.33. The van der Waals surface area contributed by atoms with Crippen LogP contribution in [0.15, 0.2) is 4.79 Å². The predicted octanol–water partition coefficient (Wildman–Crippen LogP) is 0.589. The van der Waals surface area contributed by atoms with Crippen LogP contribution in [0.2, 0.25) is 0 Å². The average molecular weight is 305 g/mol. The van der Waals surface area contributed by atoms with Crippen LogP contribution in [0.1, 0.15) is 31.0 Å². The number of aromatic nitrogens is 4. The third-order valence-corrected chi connectivity index (χ3v) is 4.19. The van der Waals surface area contributed by atoms with Crippen LogP contribution in [0.25, 0.3) is 5.78 Å². The van der Waals surface area contributed by atoms with Crippen molar-refractivity contribution < 1.29 is 9.90 Å². The van der Waals surface area contributed by atoms with E-state index < -0.39 is 11.5 Å². The Balaban J connectivity index is 2.01. The van der Waals surface area contributed by atoms with E-state index in [2.05, 4.69) is 26.9 Å². The van der Waals surface area contributed by atoms with Crippen molar-refractivity contribution in [3.05, 3.63) is 21.6 Å². The molecule has 118 valence electrons. The van der Waals surface area contributed by atoms with E-state index in [0.717, 1.165) is 25.9 Å². The van der Waals surface area contributed by atoms with Gasteiger partial charge in [-0.2, -0.15) is 9.50 Å². The van der Waals surface area contributed by atoms with E-state index in [9.17, 15) is 9.59 Å². The normalized spacial score (nSPS) is 16.4. The second-order valence-electron chi connectivity index (χ2n) is 5.90. The van der Waals surface area contributed by atoms with Gasteiger partial charge in [0.2, 0.25) is 5.95 Å². The second kappa shape index (κ2) is 5.43. The molecule has 0 bridgehead atoms. The Morgan fingerprint density at radius 2 is 2.05 bits per heavy atom. The van der Waals surface area contributed by atoms with Crippen LogP contribution in [0, 0.1) is 12.8 Å². The van der Waals surface area contributed by atoms with Crippen LogP contribution < -0.4 is 10.5 Å². The second-order valence-corrected chi connectivity index (χ2v) is 5.90. The van der Waals surface area contributed by atoms with Gasteiger partial charge in [0.15, 0.2) is 0 Å². The molecule has 0 atom stereocenters. The molecule has 0 aromatic carbocycles. The number of carbonyl (C=O) groups is 1. The third-order valence-electron chi connectivity index (χ3n) is 4.19. The number of hydrogen-bond donors (Lipinski definition) is 2. The summed E-state index contributed by atoms with van der Waals surface area (Å²) in [5.74, 6) is 0.547. The minimum absolute atomic E-state index is 0.187. The molecular formula is C14H19N5O3. The molecular weight excluding hydrogens is 286 g/mol. The van der Waals surface area contributed by atoms with Crippen molar-refractivity contribution in [3.8, 4) is 0 Å². The number of aryl methyl sites for hydroxylation is 1. The monoisotopic (exact) mass is 305 g/mol. The minimum atomic E-state index is -1.05. The zero-order chi connectivity index (χ0) is 15.9. The zero-order valence-electron chi connectivity index (χ0n) is 12.7. The number of hydrogen-bond acceptors (Lipinski definition) is 5. The van der Waals surface area contributed by atoms with Crippen LogP contribution in [0.3, 0.4) is 0 Å². The first kappa shape index (κ1) is 14.6. The van der Waals surface area contributed by atoms with Crippen LogP contribution in [0.5, 0.6) is 0 Å². The molecule has 2 aromatic heterocycles. The fourth-order valence-electron chi connectivity index (χ4n) is 2.76. The summed E-state index contributed by atoms with van der Waals surface area (Å²) in [4.78, 5) is 34.0. The maximum absolute atomic E-state index is 12.4. The van der Waals surface area contributed by atoms with Crippen molar-refractivity contribution in [2.45, 2.75) is 33.1 Å². The quantitative estimate of drug-likeness (QED) is 0.860. The molecule has 2 N–H and O–H groups in total. The highest BCUT2D eigenvalue weighted by Crippen LogP contribution is 2.20. The number of nitrogens with zero attached hydrogens (tertiary/aromatic N) is 4. The van der Waals surface area contributed by atoms with Gasteiger partial charge < -0.3 is 10.0 Å². The van der Waals surface area contributed by atoms with Crippen molar-refractivity contribution in [2.75, 3.05) is 18.0 Å². The van der Waals surface area contributed by atoms with Gasteiger partial charge in [0, 0.05) is 13.1 Å². The number of H-pyrrole nitrogens is 1. The van der Waals surface area contributed by atoms with Crippen molar-refractivity contribution in [1.29, 1.82) is 0 Å². The van der Waals surface area contributed by atoms with E-state index in [1.54, 1.807) is 6.92 Å². The van der Waals surface area contributed by atoms with Crippen molar-refractivity contribution >= 4 is 17.7 Å². The number of aromatic amines is 1. The summed E-state index contributed by atoms with van der Waals surface area (Å²) in [6.07, 6.45) is 1.83. The number of fused-ring (bicyclic) bond motifs is 1. The fraction of sp³-hybridized carbons (Fsp3) is 0.571. The van der Waals surface area contributed by atoms with Gasteiger partial charge in [-0.3, -0.25) is 14.7 Å². The number of rotatable bonds is 3. The summed E-state index contributed by atoms with van der Waals surface area (Å²) in [6.45, 7) is 5.63. The molecule has 8 nitrogen and oxygen atoms in total. The van der Waals surface area contributed by atoms with Gasteiger partial charge in [0.1, 0.15) is 0 Å². The lowest BCUT2D eigenvalue weighted by atomic mass is 10.00. The molecule has 0 amide bonds. The SMILES string of the molecule is Cc1nc2nc(N3CCC(C)CC3)[nH]n2c(=O)c1CC(=O)O. The van der Waals surface area contributed by atoms with E-state index in [1.807, 2.05) is 0 Å². The number of piperidine rings is 1. The maximum atomic E-state index is 12.4. The zero-order valence-corrected chi connectivity index (χ0v) is 12.7. The van der Waals surface area contributed by atoms with Gasteiger partial charge in [0.05, 0.1) is 17.7 Å². The van der Waals surface area contributed by atoms with Gasteiger partial charge in [0.25, 0.3) is 11.3 Å². The molecule has 0 radical (unpaired) electrons. The molecule has 22 heavy (non-hydrogen) atoms. The molecule has 1 saturated heterocycles. The Morgan fingerprint density at radius 1 is 1.36 bits per heavy atom. The van der Waals surface area contributed by atoms with Gasteiger partial charge >= 0.3 is 5.97 Å². The van der Waals surface area contributed by atoms with E-state index in [0.29, 0.717) is 17.6 Å². The molecule has 0 saturated carbocycles. The number of carboxylic acid groups (broad SMARTS) is 1. The van der Waals surface area contributed by atoms with E-state index >= 15 is 0 Å². The van der Waals surface area contributed by atoms with Crippen LogP contribution in [-0.2, 0) is 11.2 Å². The molecule has 1 fully saturated rings. The van der Waals surface area contributed by atoms with Crippen LogP contribution in [0.4, 0.5) is 5.95 Å². The minimum Gasteiger partial charge on any atom is -0.481 e. The Kier molecular flexibility index (Phi) is 3.59. The van der Waals surface area contributed by atoms with Gasteiger partial charge in [-0.05, 0) is 25.7 Å². The Hall–Kier alpha value is -2.38. The Labute approximate surface area is 126 Å². The molecule has 0 aliphatic carbocycles. The Morgan fingerprint density at radius 3 is 2.68 bits per heavy atom. The lowest BCUT2D eigenvalue weighted by molar-refractivity contribution is -0.136. The summed E-state index contributed by atoms with van der Waals surface area (Å²) >= 11 is 0. The molecule has 1 aliphatic heterocycles. The third kappa shape index (κ3) is 2.56. The first-order valence-electron chi connectivity index (χ1n) is 7.40. The van der Waals surface area contributed by atoms with E-state index in [4.69, 9.17) is 5.11 Å².